The number of alkyl halides is 3. The third-order valence-corrected chi connectivity index (χ3v) is 5.02. The fourth-order valence-electron chi connectivity index (χ4n) is 2.14. The highest BCUT2D eigenvalue weighted by Crippen LogP contribution is 2.37. The van der Waals surface area contributed by atoms with Gasteiger partial charge in [0.15, 0.2) is 0 Å². The fourth-order valence-corrected chi connectivity index (χ4v) is 3.79. The minimum absolute atomic E-state index is 0.306. The quantitative estimate of drug-likeness (QED) is 0.465. The van der Waals surface area contributed by atoms with E-state index in [-0.39, 0.29) is 0 Å². The van der Waals surface area contributed by atoms with Gasteiger partial charge in [-0.25, -0.2) is 0 Å². The molecule has 0 atom stereocenters. The molecule has 116 valence electrons. The summed E-state index contributed by atoms with van der Waals surface area (Å²) < 4.78 is 44.5. The number of hydrogen-bond donors (Lipinski definition) is 0. The molecule has 3 aromatic heterocycles. The Morgan fingerprint density at radius 3 is 2.57 bits per heavy atom. The van der Waals surface area contributed by atoms with Gasteiger partial charge in [-0.2, -0.15) is 24.5 Å². The molecule has 1 aromatic carbocycles. The number of thiophene rings is 2. The normalized spacial score (nSPS) is 12.1. The Hall–Kier alpha value is -2.19. The Morgan fingerprint density at radius 2 is 1.83 bits per heavy atom. The molecule has 0 saturated carbocycles. The summed E-state index contributed by atoms with van der Waals surface area (Å²) in [5.74, 6) is 0.704. The minimum atomic E-state index is -4.35. The molecule has 0 unspecified atom stereocenters. The number of fused-ring (bicyclic) bond motifs is 1. The molecule has 3 nitrogen and oxygen atoms in total. The summed E-state index contributed by atoms with van der Waals surface area (Å²) in [5, 5.41) is 12.5. The maximum atomic E-state index is 12.8. The predicted molar refractivity (Wildman–Crippen MR) is 83.4 cm³/mol. The zero-order valence-corrected chi connectivity index (χ0v) is 12.9. The Morgan fingerprint density at radius 1 is 1.00 bits per heavy atom. The molecule has 0 bridgehead atoms. The molecular weight excluding hydrogens is 345 g/mol. The molecule has 4 aromatic rings. The van der Waals surface area contributed by atoms with E-state index in [0.717, 1.165) is 17.7 Å². The van der Waals surface area contributed by atoms with Crippen molar-refractivity contribution in [2.24, 2.45) is 0 Å². The van der Waals surface area contributed by atoms with E-state index in [4.69, 9.17) is 4.42 Å². The molecule has 8 heteroatoms. The van der Waals surface area contributed by atoms with E-state index in [9.17, 15) is 13.2 Å². The van der Waals surface area contributed by atoms with Gasteiger partial charge in [0.25, 0.3) is 5.89 Å². The van der Waals surface area contributed by atoms with Crippen molar-refractivity contribution in [3.8, 4) is 22.2 Å². The van der Waals surface area contributed by atoms with Crippen LogP contribution in [0, 0.1) is 0 Å². The van der Waals surface area contributed by atoms with Crippen molar-refractivity contribution in [2.75, 3.05) is 0 Å². The Labute approximate surface area is 136 Å². The van der Waals surface area contributed by atoms with E-state index in [1.165, 1.54) is 28.7 Å². The number of hydrogen-bond acceptors (Lipinski definition) is 5. The largest absolute Gasteiger partial charge is 0.416 e. The van der Waals surface area contributed by atoms with Gasteiger partial charge in [0.2, 0.25) is 5.89 Å². The van der Waals surface area contributed by atoms with Crippen molar-refractivity contribution in [1.82, 2.24) is 10.2 Å². The Bertz CT molecular complexity index is 970. The monoisotopic (exact) mass is 352 g/mol. The molecule has 0 aliphatic rings. The first-order valence-electron chi connectivity index (χ1n) is 6.48. The van der Waals surface area contributed by atoms with Crippen molar-refractivity contribution >= 4 is 32.8 Å². The number of nitrogens with zero attached hydrogens (tertiary/aromatic N) is 2. The predicted octanol–water partition coefficient (Wildman–Crippen LogP) is 5.70. The molecule has 0 N–H and O–H groups in total. The van der Waals surface area contributed by atoms with Crippen molar-refractivity contribution in [1.29, 1.82) is 0 Å². The first-order chi connectivity index (χ1) is 11.0. The summed E-state index contributed by atoms with van der Waals surface area (Å²) in [6.07, 6.45) is -4.35. The Balaban J connectivity index is 1.75. The topological polar surface area (TPSA) is 38.9 Å². The molecule has 0 aliphatic carbocycles. The van der Waals surface area contributed by atoms with Gasteiger partial charge < -0.3 is 4.42 Å². The van der Waals surface area contributed by atoms with Crippen LogP contribution in [-0.4, -0.2) is 10.2 Å². The van der Waals surface area contributed by atoms with E-state index < -0.39 is 11.7 Å². The molecule has 0 fully saturated rings. The van der Waals surface area contributed by atoms with E-state index in [1.54, 1.807) is 6.07 Å². The van der Waals surface area contributed by atoms with Gasteiger partial charge in [0, 0.05) is 15.6 Å². The molecule has 3 heterocycles. The second kappa shape index (κ2) is 5.17. The van der Waals surface area contributed by atoms with E-state index in [0.29, 0.717) is 26.7 Å². The Kier molecular flexibility index (Phi) is 3.24. The van der Waals surface area contributed by atoms with Crippen LogP contribution in [0.25, 0.3) is 32.3 Å². The second-order valence-electron chi connectivity index (χ2n) is 4.79. The highest BCUT2D eigenvalue weighted by molar-refractivity contribution is 7.22. The average Bonchev–Trinajstić information content (AvgIpc) is 3.24. The van der Waals surface area contributed by atoms with Crippen molar-refractivity contribution in [2.45, 2.75) is 6.18 Å². The zero-order valence-electron chi connectivity index (χ0n) is 11.3. The summed E-state index contributed by atoms with van der Waals surface area (Å²) in [4.78, 5) is 0.647. The summed E-state index contributed by atoms with van der Waals surface area (Å²) in [6, 6.07) is 7.28. The van der Waals surface area contributed by atoms with E-state index >= 15 is 0 Å². The highest BCUT2D eigenvalue weighted by Gasteiger charge is 2.30. The number of rotatable bonds is 2. The highest BCUT2D eigenvalue weighted by atomic mass is 32.1. The van der Waals surface area contributed by atoms with Crippen LogP contribution in [0.15, 0.2) is 45.5 Å². The van der Waals surface area contributed by atoms with Crippen LogP contribution in [0.2, 0.25) is 0 Å². The third-order valence-electron chi connectivity index (χ3n) is 3.25. The van der Waals surface area contributed by atoms with Gasteiger partial charge in [-0.05, 0) is 35.0 Å². The van der Waals surface area contributed by atoms with Crippen LogP contribution in [-0.2, 0) is 6.18 Å². The number of halogens is 3. The zero-order chi connectivity index (χ0) is 16.0. The van der Waals surface area contributed by atoms with Crippen LogP contribution < -0.4 is 0 Å². The maximum Gasteiger partial charge on any atom is 0.416 e. The summed E-state index contributed by atoms with van der Waals surface area (Å²) >= 11 is 2.71. The van der Waals surface area contributed by atoms with Gasteiger partial charge in [-0.1, -0.05) is 6.07 Å². The standard InChI is InChI=1S/C15H7F3N2OS2/c16-15(17,18)10-2-1-8-5-12(23-11(8)6-10)14-20-19-13(21-14)9-3-4-22-7-9/h1-7H. The summed E-state index contributed by atoms with van der Waals surface area (Å²) in [7, 11) is 0. The lowest BCUT2D eigenvalue weighted by atomic mass is 10.1. The van der Waals surface area contributed by atoms with Crippen LogP contribution in [0.3, 0.4) is 0 Å². The van der Waals surface area contributed by atoms with Gasteiger partial charge >= 0.3 is 6.18 Å². The second-order valence-corrected chi connectivity index (χ2v) is 6.65. The lowest BCUT2D eigenvalue weighted by Crippen LogP contribution is -2.03. The molecule has 0 spiro atoms. The molecule has 0 aliphatic heterocycles. The van der Waals surface area contributed by atoms with Gasteiger partial charge in [-0.3, -0.25) is 0 Å². The number of aromatic nitrogens is 2. The van der Waals surface area contributed by atoms with Crippen molar-refractivity contribution in [3.63, 3.8) is 0 Å². The van der Waals surface area contributed by atoms with E-state index in [2.05, 4.69) is 10.2 Å². The van der Waals surface area contributed by atoms with Gasteiger partial charge in [0.1, 0.15) is 0 Å². The first-order valence-corrected chi connectivity index (χ1v) is 8.24. The molecule has 23 heavy (non-hydrogen) atoms. The van der Waals surface area contributed by atoms with E-state index in [1.807, 2.05) is 16.8 Å². The summed E-state index contributed by atoms with van der Waals surface area (Å²) in [6.45, 7) is 0. The maximum absolute atomic E-state index is 12.8. The van der Waals surface area contributed by atoms with Crippen molar-refractivity contribution < 1.29 is 17.6 Å². The van der Waals surface area contributed by atoms with Crippen LogP contribution in [0.4, 0.5) is 13.2 Å². The van der Waals surface area contributed by atoms with Gasteiger partial charge in [0.05, 0.1) is 10.4 Å². The number of benzene rings is 1. The average molecular weight is 352 g/mol. The lowest BCUT2D eigenvalue weighted by molar-refractivity contribution is -0.137. The van der Waals surface area contributed by atoms with Crippen LogP contribution in [0.1, 0.15) is 5.56 Å². The smallest absolute Gasteiger partial charge is 0.415 e. The van der Waals surface area contributed by atoms with Crippen LogP contribution >= 0.6 is 22.7 Å². The molecule has 0 radical (unpaired) electrons. The minimum Gasteiger partial charge on any atom is -0.415 e. The van der Waals surface area contributed by atoms with Gasteiger partial charge in [-0.15, -0.1) is 21.5 Å². The lowest BCUT2D eigenvalue weighted by Gasteiger charge is -2.05. The molecule has 4 rings (SSSR count). The molecule has 0 amide bonds. The van der Waals surface area contributed by atoms with Crippen LogP contribution in [0.5, 0.6) is 0 Å². The fraction of sp³-hybridized carbons (Fsp3) is 0.0667. The molecular formula is C15H7F3N2OS2. The molecule has 0 saturated heterocycles. The SMILES string of the molecule is FC(F)(F)c1ccc2cc(-c3nnc(-c4ccsc4)o3)sc2c1. The third kappa shape index (κ3) is 2.64. The summed E-state index contributed by atoms with van der Waals surface area (Å²) in [5.41, 5.74) is 0.164. The van der Waals surface area contributed by atoms with Crippen molar-refractivity contribution in [3.05, 3.63) is 46.7 Å². The first kappa shape index (κ1) is 14.4.